The first kappa shape index (κ1) is 12.1. The van der Waals surface area contributed by atoms with Gasteiger partial charge in [0.2, 0.25) is 0 Å². The van der Waals surface area contributed by atoms with Crippen molar-refractivity contribution in [3.63, 3.8) is 0 Å². The van der Waals surface area contributed by atoms with E-state index in [1.165, 1.54) is 0 Å². The summed E-state index contributed by atoms with van der Waals surface area (Å²) in [4.78, 5) is 4.53. The van der Waals surface area contributed by atoms with Crippen LogP contribution >= 0.6 is 34.8 Å². The van der Waals surface area contributed by atoms with Gasteiger partial charge in [-0.3, -0.25) is 0 Å². The number of rotatable bonds is 1. The highest BCUT2D eigenvalue weighted by molar-refractivity contribution is 6.37. The van der Waals surface area contributed by atoms with E-state index in [0.717, 1.165) is 24.4 Å². The molecule has 0 fully saturated rings. The summed E-state index contributed by atoms with van der Waals surface area (Å²) in [6.07, 6.45) is 5.03. The van der Waals surface area contributed by atoms with Gasteiger partial charge in [-0.25, -0.2) is 4.98 Å². The Bertz CT molecular complexity index is 644. The Balaban J connectivity index is 2.18. The predicted molar refractivity (Wildman–Crippen MR) is 76.3 cm³/mol. The van der Waals surface area contributed by atoms with Crippen molar-refractivity contribution in [1.29, 1.82) is 0 Å². The van der Waals surface area contributed by atoms with Crippen molar-refractivity contribution >= 4 is 40.9 Å². The SMILES string of the molecule is Clc1ccc(-c2nc3n(c2Cl)CCC=C3)c(Cl)c1. The Morgan fingerprint density at radius 3 is 2.72 bits per heavy atom. The quantitative estimate of drug-likeness (QED) is 0.730. The summed E-state index contributed by atoms with van der Waals surface area (Å²) in [7, 11) is 0. The van der Waals surface area contributed by atoms with Crippen molar-refractivity contribution in [3.05, 3.63) is 45.3 Å². The van der Waals surface area contributed by atoms with Crippen molar-refractivity contribution in [2.45, 2.75) is 13.0 Å². The molecule has 5 heteroatoms. The molecule has 1 aromatic heterocycles. The van der Waals surface area contributed by atoms with Crippen LogP contribution in [0.15, 0.2) is 24.3 Å². The number of halogens is 3. The van der Waals surface area contributed by atoms with E-state index in [-0.39, 0.29) is 0 Å². The van der Waals surface area contributed by atoms with Gasteiger partial charge in [0, 0.05) is 17.1 Å². The molecule has 2 aromatic rings. The lowest BCUT2D eigenvalue weighted by Crippen LogP contribution is -2.03. The minimum absolute atomic E-state index is 0.559. The molecule has 0 atom stereocenters. The molecule has 18 heavy (non-hydrogen) atoms. The zero-order chi connectivity index (χ0) is 12.7. The second-order valence-electron chi connectivity index (χ2n) is 4.08. The molecule has 0 aliphatic carbocycles. The average Bonchev–Trinajstić information content (AvgIpc) is 2.68. The van der Waals surface area contributed by atoms with Crippen LogP contribution in [0.4, 0.5) is 0 Å². The van der Waals surface area contributed by atoms with Gasteiger partial charge in [-0.05, 0) is 30.7 Å². The number of aromatic nitrogens is 2. The minimum atomic E-state index is 0.559. The van der Waals surface area contributed by atoms with E-state index >= 15 is 0 Å². The molecular formula is C13H9Cl3N2. The van der Waals surface area contributed by atoms with E-state index in [1.807, 2.05) is 16.7 Å². The average molecular weight is 300 g/mol. The number of hydrogen-bond donors (Lipinski definition) is 0. The standard InChI is InChI=1S/C13H9Cl3N2/c14-8-4-5-9(10(15)7-8)12-13(16)18-6-2-1-3-11(18)17-12/h1,3-5,7H,2,6H2. The monoisotopic (exact) mass is 298 g/mol. The Labute approximate surface area is 120 Å². The van der Waals surface area contributed by atoms with Crippen molar-refractivity contribution in [3.8, 4) is 11.3 Å². The maximum absolute atomic E-state index is 6.36. The second-order valence-corrected chi connectivity index (χ2v) is 5.28. The van der Waals surface area contributed by atoms with E-state index in [9.17, 15) is 0 Å². The van der Waals surface area contributed by atoms with Crippen molar-refractivity contribution in [2.24, 2.45) is 0 Å². The normalized spacial score (nSPS) is 13.7. The number of nitrogens with zero attached hydrogens (tertiary/aromatic N) is 2. The van der Waals surface area contributed by atoms with Crippen LogP contribution < -0.4 is 0 Å². The molecule has 1 aromatic carbocycles. The van der Waals surface area contributed by atoms with Crippen LogP contribution in [0.25, 0.3) is 17.3 Å². The lowest BCUT2D eigenvalue weighted by atomic mass is 10.2. The molecule has 0 N–H and O–H groups in total. The lowest BCUT2D eigenvalue weighted by Gasteiger charge is -2.08. The summed E-state index contributed by atoms with van der Waals surface area (Å²) in [5.74, 6) is 0.868. The highest BCUT2D eigenvalue weighted by atomic mass is 35.5. The molecular weight excluding hydrogens is 291 g/mol. The Hall–Kier alpha value is -0.960. The van der Waals surface area contributed by atoms with Gasteiger partial charge in [0.05, 0.1) is 5.02 Å². The summed E-state index contributed by atoms with van der Waals surface area (Å²) in [6.45, 7) is 0.850. The largest absolute Gasteiger partial charge is 0.315 e. The van der Waals surface area contributed by atoms with Crippen molar-refractivity contribution in [1.82, 2.24) is 9.55 Å². The van der Waals surface area contributed by atoms with Gasteiger partial charge in [-0.15, -0.1) is 0 Å². The van der Waals surface area contributed by atoms with E-state index < -0.39 is 0 Å². The topological polar surface area (TPSA) is 17.8 Å². The molecule has 2 heterocycles. The molecule has 0 bridgehead atoms. The first-order valence-corrected chi connectivity index (χ1v) is 6.68. The van der Waals surface area contributed by atoms with Crippen molar-refractivity contribution < 1.29 is 0 Å². The number of fused-ring (bicyclic) bond motifs is 1. The number of imidazole rings is 1. The van der Waals surface area contributed by atoms with Crippen LogP contribution in [0, 0.1) is 0 Å². The molecule has 0 unspecified atom stereocenters. The van der Waals surface area contributed by atoms with Gasteiger partial charge in [0.25, 0.3) is 0 Å². The lowest BCUT2D eigenvalue weighted by molar-refractivity contribution is 0.690. The third-order valence-electron chi connectivity index (χ3n) is 2.91. The van der Waals surface area contributed by atoms with E-state index in [0.29, 0.717) is 20.9 Å². The zero-order valence-electron chi connectivity index (χ0n) is 9.33. The smallest absolute Gasteiger partial charge is 0.137 e. The number of benzene rings is 1. The predicted octanol–water partition coefficient (Wildman–Crippen LogP) is 4.93. The summed E-state index contributed by atoms with van der Waals surface area (Å²) in [5, 5.41) is 1.78. The third-order valence-corrected chi connectivity index (χ3v) is 3.84. The van der Waals surface area contributed by atoms with Gasteiger partial charge >= 0.3 is 0 Å². The van der Waals surface area contributed by atoms with Crippen LogP contribution in [-0.2, 0) is 6.54 Å². The third kappa shape index (κ3) is 1.95. The number of hydrogen-bond acceptors (Lipinski definition) is 1. The van der Waals surface area contributed by atoms with Crippen molar-refractivity contribution in [2.75, 3.05) is 0 Å². The van der Waals surface area contributed by atoms with Crippen LogP contribution in [0.1, 0.15) is 12.2 Å². The van der Waals surface area contributed by atoms with Crippen LogP contribution in [0.2, 0.25) is 15.2 Å². The van der Waals surface area contributed by atoms with E-state index in [1.54, 1.807) is 12.1 Å². The van der Waals surface area contributed by atoms with Crippen LogP contribution in [0.3, 0.4) is 0 Å². The molecule has 0 radical (unpaired) electrons. The second kappa shape index (κ2) is 4.61. The summed E-state index contributed by atoms with van der Waals surface area (Å²) < 4.78 is 1.99. The Morgan fingerprint density at radius 2 is 2.00 bits per heavy atom. The maximum atomic E-state index is 6.36. The molecule has 0 saturated heterocycles. The minimum Gasteiger partial charge on any atom is -0.315 e. The molecule has 2 nitrogen and oxygen atoms in total. The molecule has 92 valence electrons. The highest BCUT2D eigenvalue weighted by Crippen LogP contribution is 2.35. The number of allylic oxidation sites excluding steroid dienone is 1. The van der Waals surface area contributed by atoms with Gasteiger partial charge in [0.15, 0.2) is 0 Å². The van der Waals surface area contributed by atoms with E-state index in [4.69, 9.17) is 34.8 Å². The fraction of sp³-hybridized carbons (Fsp3) is 0.154. The van der Waals surface area contributed by atoms with Gasteiger partial charge in [-0.2, -0.15) is 0 Å². The first-order chi connectivity index (χ1) is 8.66. The molecule has 3 rings (SSSR count). The summed E-state index contributed by atoms with van der Waals surface area (Å²) >= 11 is 18.4. The summed E-state index contributed by atoms with van der Waals surface area (Å²) in [6, 6.07) is 5.32. The van der Waals surface area contributed by atoms with Gasteiger partial charge in [-0.1, -0.05) is 40.9 Å². The summed E-state index contributed by atoms with van der Waals surface area (Å²) in [5.41, 5.74) is 1.52. The van der Waals surface area contributed by atoms with Crippen LogP contribution in [0.5, 0.6) is 0 Å². The van der Waals surface area contributed by atoms with Gasteiger partial charge in [0.1, 0.15) is 16.7 Å². The first-order valence-electron chi connectivity index (χ1n) is 5.55. The van der Waals surface area contributed by atoms with E-state index in [2.05, 4.69) is 11.1 Å². The molecule has 0 saturated carbocycles. The fourth-order valence-corrected chi connectivity index (χ4v) is 2.85. The fourth-order valence-electron chi connectivity index (χ4n) is 2.03. The molecule has 1 aliphatic rings. The molecule has 0 spiro atoms. The van der Waals surface area contributed by atoms with Gasteiger partial charge < -0.3 is 4.57 Å². The van der Waals surface area contributed by atoms with Crippen LogP contribution in [-0.4, -0.2) is 9.55 Å². The highest BCUT2D eigenvalue weighted by Gasteiger charge is 2.18. The Morgan fingerprint density at radius 1 is 1.17 bits per heavy atom. The Kier molecular flexibility index (Phi) is 3.10. The molecule has 1 aliphatic heterocycles. The maximum Gasteiger partial charge on any atom is 0.137 e. The molecule has 0 amide bonds. The zero-order valence-corrected chi connectivity index (χ0v) is 11.6.